The lowest BCUT2D eigenvalue weighted by Gasteiger charge is -2.26. The minimum atomic E-state index is -0.0127. The zero-order chi connectivity index (χ0) is 25.4. The van der Waals surface area contributed by atoms with Crippen molar-refractivity contribution in [3.63, 3.8) is 0 Å². The van der Waals surface area contributed by atoms with Gasteiger partial charge in [0.05, 0.1) is 21.4 Å². The van der Waals surface area contributed by atoms with Crippen LogP contribution in [-0.2, 0) is 0 Å². The maximum Gasteiger partial charge on any atom is 0.225 e. The summed E-state index contributed by atoms with van der Waals surface area (Å²) in [4.78, 5) is 25.4. The van der Waals surface area contributed by atoms with E-state index in [-0.39, 0.29) is 5.92 Å². The van der Waals surface area contributed by atoms with Gasteiger partial charge in [-0.15, -0.1) is 11.3 Å². The van der Waals surface area contributed by atoms with Crippen molar-refractivity contribution in [3.8, 4) is 22.4 Å². The molecule has 0 saturated carbocycles. The molecular formula is C29H29N7S. The van der Waals surface area contributed by atoms with Crippen molar-refractivity contribution in [2.45, 2.75) is 39.0 Å². The van der Waals surface area contributed by atoms with Crippen molar-refractivity contribution in [3.05, 3.63) is 77.3 Å². The van der Waals surface area contributed by atoms with Gasteiger partial charge in [0.15, 0.2) is 0 Å². The summed E-state index contributed by atoms with van der Waals surface area (Å²) in [7, 11) is 0. The summed E-state index contributed by atoms with van der Waals surface area (Å²) in [6.45, 7) is 6.11. The molecule has 2 N–H and O–H groups in total. The van der Waals surface area contributed by atoms with E-state index in [1.165, 1.54) is 19.3 Å². The van der Waals surface area contributed by atoms with Crippen LogP contribution in [0.2, 0.25) is 0 Å². The quantitative estimate of drug-likeness (QED) is 0.301. The topological polar surface area (TPSA) is 93.7 Å². The van der Waals surface area contributed by atoms with Crippen molar-refractivity contribution in [1.82, 2.24) is 24.9 Å². The van der Waals surface area contributed by atoms with Crippen molar-refractivity contribution in [2.75, 3.05) is 23.7 Å². The molecule has 3 aromatic heterocycles. The molecule has 2 aromatic carbocycles. The number of fused-ring (bicyclic) bond motifs is 1. The van der Waals surface area contributed by atoms with Gasteiger partial charge < -0.3 is 10.6 Å². The van der Waals surface area contributed by atoms with Crippen molar-refractivity contribution >= 4 is 33.3 Å². The summed E-state index contributed by atoms with van der Waals surface area (Å²) in [6.07, 6.45) is 7.56. The smallest absolute Gasteiger partial charge is 0.225 e. The van der Waals surface area contributed by atoms with Gasteiger partial charge in [-0.05, 0) is 49.4 Å². The third-order valence-corrected chi connectivity index (χ3v) is 7.91. The van der Waals surface area contributed by atoms with E-state index in [2.05, 4.69) is 68.2 Å². The van der Waals surface area contributed by atoms with Crippen LogP contribution in [0.25, 0.3) is 32.6 Å². The second-order valence-electron chi connectivity index (χ2n) is 9.62. The number of nitrogens with zero attached hydrogens (tertiary/aromatic N) is 6. The lowest BCUT2D eigenvalue weighted by Crippen LogP contribution is -2.30. The van der Waals surface area contributed by atoms with E-state index in [9.17, 15) is 0 Å². The number of hydrogen-bond donors (Lipinski definition) is 1. The SMILES string of the molecule is Cc1nc(N)c(C(C)c2cccc(-c3cnc(N4CCCCC4)nc3)c2)c(-c2ccc3ncsc3c2)n1. The van der Waals surface area contributed by atoms with Crippen LogP contribution in [0.1, 0.15) is 49.1 Å². The van der Waals surface area contributed by atoms with Gasteiger partial charge >= 0.3 is 0 Å². The maximum absolute atomic E-state index is 6.54. The number of aromatic nitrogens is 5. The average molecular weight is 508 g/mol. The number of benzene rings is 2. The predicted octanol–water partition coefficient (Wildman–Crippen LogP) is 6.24. The van der Waals surface area contributed by atoms with Gasteiger partial charge in [-0.25, -0.2) is 24.9 Å². The van der Waals surface area contributed by atoms with Crippen molar-refractivity contribution in [2.24, 2.45) is 0 Å². The van der Waals surface area contributed by atoms with E-state index < -0.39 is 0 Å². The Hall–Kier alpha value is -3.91. The lowest BCUT2D eigenvalue weighted by molar-refractivity contribution is 0.568. The number of anilines is 2. The minimum absolute atomic E-state index is 0.0127. The van der Waals surface area contributed by atoms with E-state index in [4.69, 9.17) is 10.7 Å². The molecule has 1 aliphatic heterocycles. The number of piperidine rings is 1. The Morgan fingerprint density at radius 1 is 0.892 bits per heavy atom. The molecule has 1 fully saturated rings. The second kappa shape index (κ2) is 9.86. The monoisotopic (exact) mass is 507 g/mol. The number of thiazole rings is 1. The summed E-state index contributed by atoms with van der Waals surface area (Å²) in [5, 5.41) is 0. The van der Waals surface area contributed by atoms with Gasteiger partial charge in [-0.3, -0.25) is 0 Å². The van der Waals surface area contributed by atoms with Crippen LogP contribution in [0.5, 0.6) is 0 Å². The Bertz CT molecular complexity index is 1550. The van der Waals surface area contributed by atoms with Gasteiger partial charge in [0, 0.05) is 48.1 Å². The fourth-order valence-corrected chi connectivity index (χ4v) is 5.85. The molecule has 5 aromatic rings. The van der Waals surface area contributed by atoms with E-state index in [0.717, 1.165) is 62.8 Å². The van der Waals surface area contributed by atoms with Gasteiger partial charge in [-0.1, -0.05) is 37.3 Å². The maximum atomic E-state index is 6.54. The molecule has 1 saturated heterocycles. The molecule has 0 aliphatic carbocycles. The third kappa shape index (κ3) is 4.64. The van der Waals surface area contributed by atoms with E-state index >= 15 is 0 Å². The summed E-state index contributed by atoms with van der Waals surface area (Å²) >= 11 is 1.62. The molecule has 8 heteroatoms. The summed E-state index contributed by atoms with van der Waals surface area (Å²) in [5.41, 5.74) is 15.4. The predicted molar refractivity (Wildman–Crippen MR) is 151 cm³/mol. The molecule has 4 heterocycles. The Labute approximate surface area is 220 Å². The standard InChI is InChI=1S/C29H29N7S/c1-18(26-27(34-19(2)35-28(26)30)22-9-10-24-25(14-22)37-17-33-24)20-7-6-8-21(13-20)23-15-31-29(32-16-23)36-11-4-3-5-12-36/h6-10,13-18H,3-5,11-12H2,1-2H3,(H2,30,34,35). The highest BCUT2D eigenvalue weighted by Crippen LogP contribution is 2.37. The van der Waals surface area contributed by atoms with Crippen LogP contribution in [0.4, 0.5) is 11.8 Å². The van der Waals surface area contributed by atoms with Crippen LogP contribution in [0.15, 0.2) is 60.4 Å². The number of aryl methyl sites for hydroxylation is 1. The first-order chi connectivity index (χ1) is 18.1. The van der Waals surface area contributed by atoms with Gasteiger partial charge in [0.1, 0.15) is 11.6 Å². The molecule has 0 radical (unpaired) electrons. The number of rotatable bonds is 5. The van der Waals surface area contributed by atoms with Crippen LogP contribution < -0.4 is 10.6 Å². The van der Waals surface area contributed by atoms with Gasteiger partial charge in [-0.2, -0.15) is 0 Å². The fraction of sp³-hybridized carbons (Fsp3) is 0.276. The zero-order valence-corrected chi connectivity index (χ0v) is 21.9. The molecule has 0 amide bonds. The van der Waals surface area contributed by atoms with E-state index in [1.54, 1.807) is 11.3 Å². The normalized spacial score (nSPS) is 14.7. The molecule has 1 unspecified atom stereocenters. The zero-order valence-electron chi connectivity index (χ0n) is 21.1. The van der Waals surface area contributed by atoms with E-state index in [0.29, 0.717) is 11.6 Å². The van der Waals surface area contributed by atoms with Crippen LogP contribution in [-0.4, -0.2) is 38.0 Å². The molecule has 6 rings (SSSR count). The van der Waals surface area contributed by atoms with Gasteiger partial charge in [0.2, 0.25) is 5.95 Å². The Kier molecular flexibility index (Phi) is 6.26. The first-order valence-corrected chi connectivity index (χ1v) is 13.6. The molecule has 0 spiro atoms. The van der Waals surface area contributed by atoms with Crippen molar-refractivity contribution in [1.29, 1.82) is 0 Å². The van der Waals surface area contributed by atoms with Crippen LogP contribution in [0.3, 0.4) is 0 Å². The molecular weight excluding hydrogens is 478 g/mol. The fourth-order valence-electron chi connectivity index (χ4n) is 5.13. The van der Waals surface area contributed by atoms with Crippen molar-refractivity contribution < 1.29 is 0 Å². The molecule has 37 heavy (non-hydrogen) atoms. The second-order valence-corrected chi connectivity index (χ2v) is 10.5. The molecule has 1 atom stereocenters. The highest BCUT2D eigenvalue weighted by atomic mass is 32.1. The van der Waals surface area contributed by atoms with Crippen LogP contribution >= 0.6 is 11.3 Å². The Morgan fingerprint density at radius 3 is 2.51 bits per heavy atom. The van der Waals surface area contributed by atoms with Gasteiger partial charge in [0.25, 0.3) is 0 Å². The molecule has 0 bridgehead atoms. The minimum Gasteiger partial charge on any atom is -0.383 e. The first-order valence-electron chi connectivity index (χ1n) is 12.7. The molecule has 7 nitrogen and oxygen atoms in total. The molecule has 186 valence electrons. The molecule has 1 aliphatic rings. The highest BCUT2D eigenvalue weighted by Gasteiger charge is 2.21. The highest BCUT2D eigenvalue weighted by molar-refractivity contribution is 7.16. The average Bonchev–Trinajstić information content (AvgIpc) is 3.41. The largest absolute Gasteiger partial charge is 0.383 e. The van der Waals surface area contributed by atoms with Crippen LogP contribution in [0, 0.1) is 6.92 Å². The Morgan fingerprint density at radius 2 is 1.70 bits per heavy atom. The number of nitrogens with two attached hydrogens (primary N) is 1. The number of hydrogen-bond acceptors (Lipinski definition) is 8. The number of nitrogen functional groups attached to an aromatic ring is 1. The Balaban J connectivity index is 1.35. The third-order valence-electron chi connectivity index (χ3n) is 7.12. The summed E-state index contributed by atoms with van der Waals surface area (Å²) in [6, 6.07) is 14.7. The van der Waals surface area contributed by atoms with E-state index in [1.807, 2.05) is 30.9 Å². The first kappa shape index (κ1) is 23.5. The summed E-state index contributed by atoms with van der Waals surface area (Å²) < 4.78 is 1.13. The lowest BCUT2D eigenvalue weighted by atomic mass is 9.88. The summed E-state index contributed by atoms with van der Waals surface area (Å²) in [5.74, 6) is 1.98.